The molecule has 3 aliphatic rings. The van der Waals surface area contributed by atoms with Crippen molar-refractivity contribution in [3.8, 4) is 11.1 Å². The molecule has 2 saturated heterocycles. The lowest BCUT2D eigenvalue weighted by Crippen LogP contribution is -2.35. The Labute approximate surface area is 236 Å². The molecule has 0 aromatic heterocycles. The Hall–Kier alpha value is -3.33. The smallest absolute Gasteiger partial charge is 0.254 e. The van der Waals surface area contributed by atoms with E-state index in [-0.39, 0.29) is 18.4 Å². The molecule has 2 aromatic rings. The number of nitrogens with zero attached hydrogens (tertiary/aromatic N) is 2. The number of hydrogen-bond acceptors (Lipinski definition) is 6. The number of nitrogens with one attached hydrogen (secondary N) is 2. The van der Waals surface area contributed by atoms with Crippen molar-refractivity contribution in [3.05, 3.63) is 64.7 Å². The van der Waals surface area contributed by atoms with Gasteiger partial charge in [0, 0.05) is 62.4 Å². The minimum Gasteiger partial charge on any atom is -0.382 e. The minimum atomic E-state index is -0.435. The number of aliphatic imine (C=N–C) groups is 1. The number of morpholine rings is 1. The van der Waals surface area contributed by atoms with Crippen LogP contribution >= 0.6 is 0 Å². The number of benzene rings is 2. The van der Waals surface area contributed by atoms with E-state index in [1.54, 1.807) is 0 Å². The molecule has 5 rings (SSSR count). The number of amides is 2. The van der Waals surface area contributed by atoms with Crippen molar-refractivity contribution in [3.63, 3.8) is 0 Å². The molecule has 3 aliphatic heterocycles. The lowest BCUT2D eigenvalue weighted by atomic mass is 9.94. The molecule has 212 valence electrons. The number of dihydropyridines is 1. The first-order valence-corrected chi connectivity index (χ1v) is 14.3. The zero-order valence-corrected chi connectivity index (χ0v) is 23.8. The van der Waals surface area contributed by atoms with Crippen LogP contribution in [0.15, 0.2) is 53.0 Å². The molecule has 0 spiro atoms. The highest BCUT2D eigenvalue weighted by Gasteiger charge is 2.25. The van der Waals surface area contributed by atoms with Crippen molar-refractivity contribution in [2.45, 2.75) is 46.2 Å². The van der Waals surface area contributed by atoms with Crippen LogP contribution in [0.5, 0.6) is 0 Å². The third-order valence-corrected chi connectivity index (χ3v) is 8.07. The van der Waals surface area contributed by atoms with Gasteiger partial charge in [0.05, 0.1) is 19.1 Å². The van der Waals surface area contributed by atoms with Gasteiger partial charge in [-0.2, -0.15) is 0 Å². The van der Waals surface area contributed by atoms with Gasteiger partial charge < -0.3 is 20.1 Å². The van der Waals surface area contributed by atoms with E-state index in [4.69, 9.17) is 9.47 Å². The van der Waals surface area contributed by atoms with Crippen LogP contribution in [0.1, 0.15) is 48.2 Å². The Kier molecular flexibility index (Phi) is 9.09. The van der Waals surface area contributed by atoms with E-state index in [9.17, 15) is 9.59 Å². The summed E-state index contributed by atoms with van der Waals surface area (Å²) >= 11 is 0. The standard InChI is InChI=1S/C32H40N4O4/c1-21-16-22(2)34-32(38)29(21)19-33-31(37)28-17-26(18-30(23(28)3)35-27-8-12-39-13-9-27)25-6-4-24(5-7-25)20-36-10-14-40-15-11-36/h4-7,16-18,27,29,35H,8-15,19-20H2,1-3H3,(H,33,37). The van der Waals surface area contributed by atoms with Crippen LogP contribution in [0.2, 0.25) is 0 Å². The van der Waals surface area contributed by atoms with Gasteiger partial charge in [-0.15, -0.1) is 0 Å². The number of hydrogen-bond donors (Lipinski definition) is 2. The topological polar surface area (TPSA) is 92.3 Å². The molecule has 8 heteroatoms. The molecular formula is C32H40N4O4. The SMILES string of the molecule is CC1=CC(C)=NC(=O)C1CNC(=O)c1cc(-c2ccc(CN3CCOCC3)cc2)cc(NC2CCOCC2)c1C. The second kappa shape index (κ2) is 12.9. The Bertz CT molecular complexity index is 1290. The predicted octanol–water partition coefficient (Wildman–Crippen LogP) is 4.38. The molecule has 2 fully saturated rings. The first-order chi connectivity index (χ1) is 19.4. The summed E-state index contributed by atoms with van der Waals surface area (Å²) in [6, 6.07) is 13.0. The molecular weight excluding hydrogens is 504 g/mol. The van der Waals surface area contributed by atoms with Crippen LogP contribution in [-0.2, 0) is 20.8 Å². The Morgan fingerprint density at radius 1 is 0.975 bits per heavy atom. The maximum Gasteiger partial charge on any atom is 0.254 e. The Balaban J connectivity index is 1.38. The largest absolute Gasteiger partial charge is 0.382 e. The van der Waals surface area contributed by atoms with Crippen molar-refractivity contribution in [1.29, 1.82) is 0 Å². The summed E-state index contributed by atoms with van der Waals surface area (Å²) in [5, 5.41) is 6.70. The van der Waals surface area contributed by atoms with Gasteiger partial charge in [-0.3, -0.25) is 14.5 Å². The molecule has 2 aromatic carbocycles. The van der Waals surface area contributed by atoms with Crippen LogP contribution < -0.4 is 10.6 Å². The quantitative estimate of drug-likeness (QED) is 0.513. The highest BCUT2D eigenvalue weighted by molar-refractivity contribution is 6.06. The summed E-state index contributed by atoms with van der Waals surface area (Å²) in [6.07, 6.45) is 3.76. The molecule has 0 bridgehead atoms. The van der Waals surface area contributed by atoms with Gasteiger partial charge >= 0.3 is 0 Å². The molecule has 3 heterocycles. The van der Waals surface area contributed by atoms with Crippen LogP contribution in [0, 0.1) is 12.8 Å². The zero-order valence-electron chi connectivity index (χ0n) is 23.8. The fraction of sp³-hybridized carbons (Fsp3) is 0.469. The number of anilines is 1. The Morgan fingerprint density at radius 2 is 1.68 bits per heavy atom. The third-order valence-electron chi connectivity index (χ3n) is 8.07. The molecule has 1 unspecified atom stereocenters. The maximum atomic E-state index is 13.5. The van der Waals surface area contributed by atoms with Gasteiger partial charge in [0.15, 0.2) is 0 Å². The Morgan fingerprint density at radius 3 is 2.38 bits per heavy atom. The monoisotopic (exact) mass is 544 g/mol. The van der Waals surface area contributed by atoms with Crippen LogP contribution in [0.25, 0.3) is 11.1 Å². The summed E-state index contributed by atoms with van der Waals surface area (Å²) in [4.78, 5) is 32.5. The average molecular weight is 545 g/mol. The predicted molar refractivity (Wildman–Crippen MR) is 158 cm³/mol. The number of allylic oxidation sites excluding steroid dienone is 1. The summed E-state index contributed by atoms with van der Waals surface area (Å²) in [6.45, 7) is 11.8. The number of rotatable bonds is 8. The highest BCUT2D eigenvalue weighted by atomic mass is 16.5. The number of ether oxygens (including phenoxy) is 2. The molecule has 1 atom stereocenters. The summed E-state index contributed by atoms with van der Waals surface area (Å²) < 4.78 is 11.0. The average Bonchev–Trinajstić information content (AvgIpc) is 2.95. The highest BCUT2D eigenvalue weighted by Crippen LogP contribution is 2.31. The fourth-order valence-corrected chi connectivity index (χ4v) is 5.60. The van der Waals surface area contributed by atoms with Gasteiger partial charge in [0.1, 0.15) is 0 Å². The van der Waals surface area contributed by atoms with Gasteiger partial charge in [-0.1, -0.05) is 29.8 Å². The van der Waals surface area contributed by atoms with E-state index >= 15 is 0 Å². The van der Waals surface area contributed by atoms with Gasteiger partial charge in [-0.25, -0.2) is 4.99 Å². The molecule has 0 saturated carbocycles. The van der Waals surface area contributed by atoms with Crippen LogP contribution in [0.3, 0.4) is 0 Å². The van der Waals surface area contributed by atoms with Crippen molar-refractivity contribution in [2.24, 2.45) is 10.9 Å². The van der Waals surface area contributed by atoms with Gasteiger partial charge in [0.2, 0.25) is 0 Å². The molecule has 40 heavy (non-hydrogen) atoms. The van der Waals surface area contributed by atoms with Crippen molar-refractivity contribution < 1.29 is 19.1 Å². The van der Waals surface area contributed by atoms with Crippen molar-refractivity contribution in [1.82, 2.24) is 10.2 Å². The molecule has 0 radical (unpaired) electrons. The molecule has 2 amide bonds. The maximum absolute atomic E-state index is 13.5. The van der Waals surface area contributed by atoms with E-state index in [1.165, 1.54) is 5.56 Å². The van der Waals surface area contributed by atoms with E-state index < -0.39 is 5.92 Å². The molecule has 2 N–H and O–H groups in total. The van der Waals surface area contributed by atoms with Crippen LogP contribution in [0.4, 0.5) is 5.69 Å². The van der Waals surface area contributed by atoms with Crippen LogP contribution in [-0.4, -0.2) is 74.5 Å². The van der Waals surface area contributed by atoms with E-state index in [2.05, 4.69) is 50.9 Å². The van der Waals surface area contributed by atoms with Crippen molar-refractivity contribution in [2.75, 3.05) is 51.4 Å². The first-order valence-electron chi connectivity index (χ1n) is 14.3. The minimum absolute atomic E-state index is 0.190. The lowest BCUT2D eigenvalue weighted by Gasteiger charge is -2.27. The summed E-state index contributed by atoms with van der Waals surface area (Å²) in [5.41, 5.74) is 7.37. The normalized spacial score (nSPS) is 20.6. The second-order valence-electron chi connectivity index (χ2n) is 11.1. The van der Waals surface area contributed by atoms with E-state index in [0.717, 1.165) is 86.9 Å². The molecule has 8 nitrogen and oxygen atoms in total. The van der Waals surface area contributed by atoms with E-state index in [1.807, 2.05) is 32.9 Å². The molecule has 0 aliphatic carbocycles. The number of carbonyl (C=O) groups excluding carboxylic acids is 2. The second-order valence-corrected chi connectivity index (χ2v) is 11.1. The fourth-order valence-electron chi connectivity index (χ4n) is 5.60. The van der Waals surface area contributed by atoms with Gasteiger partial charge in [0.25, 0.3) is 11.8 Å². The zero-order chi connectivity index (χ0) is 28.1. The lowest BCUT2D eigenvalue weighted by molar-refractivity contribution is -0.120. The van der Waals surface area contributed by atoms with Crippen molar-refractivity contribution >= 4 is 23.2 Å². The summed E-state index contributed by atoms with van der Waals surface area (Å²) in [7, 11) is 0. The summed E-state index contributed by atoms with van der Waals surface area (Å²) in [5.74, 6) is -0.831. The first kappa shape index (κ1) is 28.2. The third kappa shape index (κ3) is 6.86. The van der Waals surface area contributed by atoms with Gasteiger partial charge in [-0.05, 0) is 74.1 Å². The van der Waals surface area contributed by atoms with E-state index in [0.29, 0.717) is 17.3 Å². The number of carbonyl (C=O) groups is 2.